The van der Waals surface area contributed by atoms with E-state index in [0.717, 1.165) is 16.6 Å². The van der Waals surface area contributed by atoms with Crippen molar-refractivity contribution in [2.45, 2.75) is 55.6 Å². The van der Waals surface area contributed by atoms with Crippen LogP contribution in [0.1, 0.15) is 54.4 Å². The Hall–Kier alpha value is -3.78. The lowest BCUT2D eigenvalue weighted by molar-refractivity contribution is -0.384. The van der Waals surface area contributed by atoms with Crippen LogP contribution in [0.5, 0.6) is 0 Å². The van der Waals surface area contributed by atoms with Gasteiger partial charge in [0.1, 0.15) is 0 Å². The van der Waals surface area contributed by atoms with E-state index in [2.05, 4.69) is 18.9 Å². The van der Waals surface area contributed by atoms with E-state index in [-0.39, 0.29) is 28.2 Å². The van der Waals surface area contributed by atoms with Gasteiger partial charge in [0.15, 0.2) is 9.84 Å². The number of hydrogen-bond acceptors (Lipinski definition) is 6. The molecule has 8 nitrogen and oxygen atoms in total. The van der Waals surface area contributed by atoms with Gasteiger partial charge in [-0.05, 0) is 73.1 Å². The number of nitrogens with zero attached hydrogens (tertiary/aromatic N) is 1. The molecule has 0 saturated carbocycles. The van der Waals surface area contributed by atoms with Gasteiger partial charge in [0, 0.05) is 24.0 Å². The number of carboxylic acid groups (broad SMARTS) is 1. The number of hydrogen-bond donors (Lipinski definition) is 1. The zero-order chi connectivity index (χ0) is 27.2. The molecule has 1 saturated heterocycles. The SMILES string of the molecule is C=C=C(C)CC(CC[C@@H]1O[C@@H](/C=C/S(=O)(=O)c2ccccc2)CC1=C)c1cc([N+](=O)[O-])ccc1C(=O)O. The highest BCUT2D eigenvalue weighted by atomic mass is 32.2. The molecule has 1 heterocycles. The lowest BCUT2D eigenvalue weighted by atomic mass is 9.84. The molecule has 0 amide bonds. The molecule has 0 radical (unpaired) electrons. The molecule has 1 unspecified atom stereocenters. The summed E-state index contributed by atoms with van der Waals surface area (Å²) in [6.07, 6.45) is 2.50. The number of carboxylic acids is 1. The summed E-state index contributed by atoms with van der Waals surface area (Å²) in [7, 11) is -3.60. The van der Waals surface area contributed by atoms with Crippen molar-refractivity contribution in [3.63, 3.8) is 0 Å². The predicted octanol–water partition coefficient (Wildman–Crippen LogP) is 5.98. The molecule has 2 aromatic carbocycles. The van der Waals surface area contributed by atoms with Crippen LogP contribution in [0, 0.1) is 10.1 Å². The third kappa shape index (κ3) is 7.13. The first-order valence-corrected chi connectivity index (χ1v) is 13.2. The molecule has 1 N–H and O–H groups in total. The van der Waals surface area contributed by atoms with E-state index >= 15 is 0 Å². The van der Waals surface area contributed by atoms with Crippen LogP contribution < -0.4 is 0 Å². The Bertz CT molecular complexity index is 1370. The molecule has 0 aromatic heterocycles. The van der Waals surface area contributed by atoms with E-state index in [0.29, 0.717) is 31.2 Å². The number of nitro groups is 1. The number of carbonyl (C=O) groups is 1. The minimum atomic E-state index is -3.60. The van der Waals surface area contributed by atoms with Crippen LogP contribution in [-0.4, -0.2) is 36.6 Å². The molecule has 2 aromatic rings. The maximum Gasteiger partial charge on any atom is 0.335 e. The highest BCUT2D eigenvalue weighted by Crippen LogP contribution is 2.36. The van der Waals surface area contributed by atoms with Gasteiger partial charge in [-0.2, -0.15) is 0 Å². The third-order valence-electron chi connectivity index (χ3n) is 6.35. The van der Waals surface area contributed by atoms with Gasteiger partial charge in [-0.15, -0.1) is 5.73 Å². The predicted molar refractivity (Wildman–Crippen MR) is 140 cm³/mol. The van der Waals surface area contributed by atoms with Gasteiger partial charge in [-0.3, -0.25) is 10.1 Å². The summed E-state index contributed by atoms with van der Waals surface area (Å²) in [4.78, 5) is 22.9. The second-order valence-corrected chi connectivity index (χ2v) is 10.8. The van der Waals surface area contributed by atoms with Crippen molar-refractivity contribution >= 4 is 21.5 Å². The molecule has 1 fully saturated rings. The number of benzene rings is 2. The topological polar surface area (TPSA) is 124 Å². The molecule has 0 spiro atoms. The largest absolute Gasteiger partial charge is 0.478 e. The van der Waals surface area contributed by atoms with E-state index in [4.69, 9.17) is 4.74 Å². The van der Waals surface area contributed by atoms with Crippen LogP contribution in [0.15, 0.2) is 94.9 Å². The summed E-state index contributed by atoms with van der Waals surface area (Å²) in [6, 6.07) is 11.9. The Balaban J connectivity index is 1.77. The first-order valence-electron chi connectivity index (χ1n) is 11.7. The zero-order valence-corrected chi connectivity index (χ0v) is 21.3. The lowest BCUT2D eigenvalue weighted by Crippen LogP contribution is -2.14. The van der Waals surface area contributed by atoms with Crippen LogP contribution in [0.4, 0.5) is 5.69 Å². The number of allylic oxidation sites excluding steroid dienone is 1. The average Bonchev–Trinajstić information content (AvgIpc) is 3.24. The number of sulfone groups is 1. The molecule has 9 heteroatoms. The van der Waals surface area contributed by atoms with E-state index < -0.39 is 26.8 Å². The van der Waals surface area contributed by atoms with Gasteiger partial charge < -0.3 is 9.84 Å². The summed E-state index contributed by atoms with van der Waals surface area (Å²) in [5.74, 6) is -1.52. The number of rotatable bonds is 11. The maximum absolute atomic E-state index is 12.5. The zero-order valence-electron chi connectivity index (χ0n) is 20.5. The van der Waals surface area contributed by atoms with Gasteiger partial charge in [-0.25, -0.2) is 13.2 Å². The van der Waals surface area contributed by atoms with E-state index in [1.54, 1.807) is 18.2 Å². The second kappa shape index (κ2) is 12.0. The molecule has 1 aliphatic heterocycles. The summed E-state index contributed by atoms with van der Waals surface area (Å²) in [5.41, 5.74) is 4.60. The quantitative estimate of drug-likeness (QED) is 0.166. The van der Waals surface area contributed by atoms with Crippen molar-refractivity contribution in [1.82, 2.24) is 0 Å². The van der Waals surface area contributed by atoms with E-state index in [1.165, 1.54) is 36.4 Å². The number of aromatic carboxylic acids is 1. The summed E-state index contributed by atoms with van der Waals surface area (Å²) in [5, 5.41) is 22.2. The van der Waals surface area contributed by atoms with Crippen LogP contribution in [0.25, 0.3) is 0 Å². The summed E-state index contributed by atoms with van der Waals surface area (Å²) >= 11 is 0. The first-order chi connectivity index (χ1) is 17.5. The van der Waals surface area contributed by atoms with Gasteiger partial charge in [-0.1, -0.05) is 31.4 Å². The average molecular weight is 524 g/mol. The molecule has 0 aliphatic carbocycles. The smallest absolute Gasteiger partial charge is 0.335 e. The second-order valence-electron chi connectivity index (χ2n) is 8.98. The highest BCUT2D eigenvalue weighted by molar-refractivity contribution is 7.94. The van der Waals surface area contributed by atoms with Crippen molar-refractivity contribution in [3.8, 4) is 0 Å². The van der Waals surface area contributed by atoms with Crippen molar-refractivity contribution < 1.29 is 28.0 Å². The Morgan fingerprint density at radius 1 is 1.30 bits per heavy atom. The van der Waals surface area contributed by atoms with Gasteiger partial charge in [0.2, 0.25) is 0 Å². The van der Waals surface area contributed by atoms with Crippen LogP contribution in [0.2, 0.25) is 0 Å². The van der Waals surface area contributed by atoms with Crippen LogP contribution >= 0.6 is 0 Å². The molecular formula is C28H29NO7S. The number of non-ortho nitro benzene ring substituents is 1. The fourth-order valence-electron chi connectivity index (χ4n) is 4.37. The summed E-state index contributed by atoms with van der Waals surface area (Å²) in [6.45, 7) is 9.55. The Kier molecular flexibility index (Phi) is 8.99. The molecule has 3 atom stereocenters. The lowest BCUT2D eigenvalue weighted by Gasteiger charge is -2.21. The Morgan fingerprint density at radius 3 is 2.62 bits per heavy atom. The van der Waals surface area contributed by atoms with Crippen molar-refractivity contribution in [3.05, 3.63) is 111 Å². The molecular weight excluding hydrogens is 494 g/mol. The molecule has 3 rings (SSSR count). The monoisotopic (exact) mass is 523 g/mol. The fraction of sp³-hybridized carbons (Fsp3) is 0.286. The van der Waals surface area contributed by atoms with Gasteiger partial charge in [0.25, 0.3) is 5.69 Å². The van der Waals surface area contributed by atoms with E-state index in [1.807, 2.05) is 6.92 Å². The standard InChI is InChI=1S/C28H29NO7S/c1-4-19(2)16-21(26-18-22(29(32)33)11-12-25(26)28(30)31)10-13-27-20(3)17-23(36-27)14-15-37(34,35)24-8-6-5-7-9-24/h5-9,11-12,14-15,18,21,23,27H,1,3,10,13,16-17H2,2H3,(H,30,31)/b15-14+/t21?,23-,27-/m0/s1. The Morgan fingerprint density at radius 2 is 2.00 bits per heavy atom. The first kappa shape index (κ1) is 27.8. The maximum atomic E-state index is 12.5. The van der Waals surface area contributed by atoms with Crippen LogP contribution in [0.3, 0.4) is 0 Å². The van der Waals surface area contributed by atoms with Crippen molar-refractivity contribution in [1.29, 1.82) is 0 Å². The number of ether oxygens (including phenoxy) is 1. The Labute approximate surface area is 216 Å². The van der Waals surface area contributed by atoms with Gasteiger partial charge in [0.05, 0.1) is 27.6 Å². The van der Waals surface area contributed by atoms with Gasteiger partial charge >= 0.3 is 5.97 Å². The van der Waals surface area contributed by atoms with Crippen molar-refractivity contribution in [2.24, 2.45) is 0 Å². The summed E-state index contributed by atoms with van der Waals surface area (Å²) < 4.78 is 31.1. The molecule has 1 aliphatic rings. The fourth-order valence-corrected chi connectivity index (χ4v) is 5.44. The minimum absolute atomic E-state index is 0.00515. The third-order valence-corrected chi connectivity index (χ3v) is 7.79. The molecule has 194 valence electrons. The van der Waals surface area contributed by atoms with E-state index in [9.17, 15) is 28.4 Å². The normalized spacial score (nSPS) is 18.5. The van der Waals surface area contributed by atoms with Crippen LogP contribution in [-0.2, 0) is 14.6 Å². The number of nitro benzene ring substituents is 1. The minimum Gasteiger partial charge on any atom is -0.478 e. The molecule has 37 heavy (non-hydrogen) atoms. The van der Waals surface area contributed by atoms with Crippen molar-refractivity contribution in [2.75, 3.05) is 0 Å². The molecule has 0 bridgehead atoms. The highest BCUT2D eigenvalue weighted by Gasteiger charge is 2.30.